The molecule has 0 aromatic heterocycles. The number of rotatable bonds is 9. The van der Waals surface area contributed by atoms with Gasteiger partial charge in [0.05, 0.1) is 0 Å². The predicted octanol–water partition coefficient (Wildman–Crippen LogP) is 3.51. The largest absolute Gasteiger partial charge is 0.481 e. The Hall–Kier alpha value is -2.86. The monoisotopic (exact) mass is 388 g/mol. The van der Waals surface area contributed by atoms with E-state index in [1.165, 1.54) is 0 Å². The lowest BCUT2D eigenvalue weighted by Crippen LogP contribution is -2.25. The highest BCUT2D eigenvalue weighted by Crippen LogP contribution is 2.13. The van der Waals surface area contributed by atoms with E-state index < -0.39 is 5.97 Å². The molecule has 0 spiro atoms. The Morgan fingerprint density at radius 3 is 2.44 bits per heavy atom. The van der Waals surface area contributed by atoms with Crippen LogP contribution in [0.3, 0.4) is 0 Å². The molecule has 27 heavy (non-hydrogen) atoms. The number of anilines is 1. The number of aliphatic carboxylic acids is 1. The van der Waals surface area contributed by atoms with E-state index in [0.717, 1.165) is 5.56 Å². The first-order chi connectivity index (χ1) is 12.9. The number of carbonyl (C=O) groups excluding carboxylic acids is 2. The normalized spacial score (nSPS) is 10.3. The van der Waals surface area contributed by atoms with Crippen molar-refractivity contribution < 1.29 is 19.5 Å². The summed E-state index contributed by atoms with van der Waals surface area (Å²) in [5.74, 6) is -1.23. The molecule has 3 N–H and O–H groups in total. The lowest BCUT2D eigenvalue weighted by molar-refractivity contribution is -0.137. The number of halogens is 1. The van der Waals surface area contributed by atoms with Gasteiger partial charge in [0.2, 0.25) is 5.91 Å². The van der Waals surface area contributed by atoms with Gasteiger partial charge in [0.25, 0.3) is 5.91 Å². The van der Waals surface area contributed by atoms with E-state index in [4.69, 9.17) is 16.7 Å². The molecule has 0 heterocycles. The second-order valence-electron chi connectivity index (χ2n) is 6.01. The fourth-order valence-corrected chi connectivity index (χ4v) is 2.56. The van der Waals surface area contributed by atoms with Crippen LogP contribution in [0.15, 0.2) is 48.5 Å². The third kappa shape index (κ3) is 7.50. The third-order valence-electron chi connectivity index (χ3n) is 3.81. The Morgan fingerprint density at radius 1 is 1.00 bits per heavy atom. The number of carboxylic acids is 1. The second-order valence-corrected chi connectivity index (χ2v) is 6.45. The van der Waals surface area contributed by atoms with Gasteiger partial charge in [-0.15, -0.1) is 0 Å². The Bertz CT molecular complexity index is 806. The van der Waals surface area contributed by atoms with E-state index in [0.29, 0.717) is 35.7 Å². The smallest absolute Gasteiger partial charge is 0.303 e. The minimum Gasteiger partial charge on any atom is -0.481 e. The van der Waals surface area contributed by atoms with E-state index in [2.05, 4.69) is 10.6 Å². The van der Waals surface area contributed by atoms with Crippen LogP contribution in [-0.2, 0) is 16.0 Å². The number of carboxylic acid groups (broad SMARTS) is 1. The number of amides is 2. The van der Waals surface area contributed by atoms with Gasteiger partial charge in [0.1, 0.15) is 0 Å². The predicted molar refractivity (Wildman–Crippen MR) is 104 cm³/mol. The van der Waals surface area contributed by atoms with Gasteiger partial charge >= 0.3 is 5.97 Å². The highest BCUT2D eigenvalue weighted by molar-refractivity contribution is 6.30. The van der Waals surface area contributed by atoms with Crippen LogP contribution in [0.25, 0.3) is 0 Å². The molecular formula is C20H21ClN2O4. The van der Waals surface area contributed by atoms with Crippen molar-refractivity contribution in [1.29, 1.82) is 0 Å². The van der Waals surface area contributed by atoms with Gasteiger partial charge in [-0.3, -0.25) is 14.4 Å². The molecule has 6 nitrogen and oxygen atoms in total. The van der Waals surface area contributed by atoms with Crippen LogP contribution < -0.4 is 10.6 Å². The number of nitrogens with one attached hydrogen (secondary N) is 2. The molecule has 2 aromatic rings. The SMILES string of the molecule is O=C(O)CCc1cccc(NC(=O)CCCNC(=O)c2ccc(Cl)cc2)c1. The summed E-state index contributed by atoms with van der Waals surface area (Å²) in [4.78, 5) is 34.6. The van der Waals surface area contributed by atoms with Gasteiger partial charge in [-0.2, -0.15) is 0 Å². The first kappa shape index (κ1) is 20.5. The summed E-state index contributed by atoms with van der Waals surface area (Å²) >= 11 is 5.78. The van der Waals surface area contributed by atoms with Crippen LogP contribution in [-0.4, -0.2) is 29.4 Å². The molecule has 2 amide bonds. The molecule has 0 fully saturated rings. The van der Waals surface area contributed by atoms with Crippen LogP contribution in [0.5, 0.6) is 0 Å². The van der Waals surface area contributed by atoms with Crippen LogP contribution in [0.1, 0.15) is 35.2 Å². The van der Waals surface area contributed by atoms with Crippen LogP contribution in [0, 0.1) is 0 Å². The van der Waals surface area contributed by atoms with E-state index in [-0.39, 0.29) is 24.7 Å². The number of carbonyl (C=O) groups is 3. The van der Waals surface area contributed by atoms with Gasteiger partial charge in [-0.1, -0.05) is 23.7 Å². The number of hydrogen-bond acceptors (Lipinski definition) is 3. The molecule has 7 heteroatoms. The standard InChI is InChI=1S/C20H21ClN2O4/c21-16-9-7-15(8-10-16)20(27)22-12-2-5-18(24)23-17-4-1-3-14(13-17)6-11-19(25)26/h1,3-4,7-10,13H,2,5-6,11-12H2,(H,22,27)(H,23,24)(H,25,26). The number of hydrogen-bond donors (Lipinski definition) is 3. The van der Waals surface area contributed by atoms with Crippen molar-refractivity contribution in [2.45, 2.75) is 25.7 Å². The Morgan fingerprint density at radius 2 is 1.74 bits per heavy atom. The summed E-state index contributed by atoms with van der Waals surface area (Å²) in [7, 11) is 0. The maximum absolute atomic E-state index is 12.0. The minimum atomic E-state index is -0.856. The van der Waals surface area contributed by atoms with Gasteiger partial charge in [0, 0.05) is 35.7 Å². The summed E-state index contributed by atoms with van der Waals surface area (Å²) < 4.78 is 0. The molecule has 0 bridgehead atoms. The fourth-order valence-electron chi connectivity index (χ4n) is 2.43. The quantitative estimate of drug-likeness (QED) is 0.573. The molecule has 0 aliphatic heterocycles. The third-order valence-corrected chi connectivity index (χ3v) is 4.06. The van der Waals surface area contributed by atoms with Crippen molar-refractivity contribution in [2.24, 2.45) is 0 Å². The fraction of sp³-hybridized carbons (Fsp3) is 0.250. The zero-order valence-corrected chi connectivity index (χ0v) is 15.5. The lowest BCUT2D eigenvalue weighted by atomic mass is 10.1. The maximum atomic E-state index is 12.0. The summed E-state index contributed by atoms with van der Waals surface area (Å²) in [6.45, 7) is 0.382. The minimum absolute atomic E-state index is 0.0463. The summed E-state index contributed by atoms with van der Waals surface area (Å²) in [5.41, 5.74) is 2.00. The Balaban J connectivity index is 1.71. The average molecular weight is 389 g/mol. The molecular weight excluding hydrogens is 368 g/mol. The second kappa shape index (κ2) is 10.3. The van der Waals surface area contributed by atoms with E-state index in [9.17, 15) is 14.4 Å². The van der Waals surface area contributed by atoms with E-state index in [1.807, 2.05) is 6.07 Å². The lowest BCUT2D eigenvalue weighted by Gasteiger charge is -2.08. The van der Waals surface area contributed by atoms with Crippen LogP contribution >= 0.6 is 11.6 Å². The van der Waals surface area contributed by atoms with E-state index >= 15 is 0 Å². The Kier molecular flexibility index (Phi) is 7.82. The first-order valence-corrected chi connectivity index (χ1v) is 8.96. The molecule has 0 aliphatic carbocycles. The first-order valence-electron chi connectivity index (χ1n) is 8.58. The number of benzene rings is 2. The van der Waals surface area contributed by atoms with Crippen molar-refractivity contribution in [2.75, 3.05) is 11.9 Å². The Labute approximate surface area is 162 Å². The van der Waals surface area contributed by atoms with Crippen LogP contribution in [0.4, 0.5) is 5.69 Å². The van der Waals surface area contributed by atoms with Gasteiger partial charge < -0.3 is 15.7 Å². The molecule has 0 radical (unpaired) electrons. The summed E-state index contributed by atoms with van der Waals surface area (Å²) in [6, 6.07) is 13.7. The molecule has 142 valence electrons. The molecule has 0 atom stereocenters. The average Bonchev–Trinajstić information content (AvgIpc) is 2.64. The molecule has 2 aromatic carbocycles. The molecule has 0 unspecified atom stereocenters. The van der Waals surface area contributed by atoms with Crippen molar-refractivity contribution >= 4 is 35.1 Å². The number of aryl methyl sites for hydroxylation is 1. The van der Waals surface area contributed by atoms with Crippen molar-refractivity contribution in [3.63, 3.8) is 0 Å². The van der Waals surface area contributed by atoms with Crippen molar-refractivity contribution in [3.05, 3.63) is 64.7 Å². The molecule has 2 rings (SSSR count). The van der Waals surface area contributed by atoms with Gasteiger partial charge in [0.15, 0.2) is 0 Å². The van der Waals surface area contributed by atoms with Crippen molar-refractivity contribution in [3.8, 4) is 0 Å². The highest BCUT2D eigenvalue weighted by Gasteiger charge is 2.07. The summed E-state index contributed by atoms with van der Waals surface area (Å²) in [6.07, 6.45) is 1.23. The van der Waals surface area contributed by atoms with Crippen LogP contribution in [0.2, 0.25) is 5.02 Å². The topological polar surface area (TPSA) is 95.5 Å². The molecule has 0 saturated carbocycles. The maximum Gasteiger partial charge on any atom is 0.303 e. The molecule has 0 aliphatic rings. The summed E-state index contributed by atoms with van der Waals surface area (Å²) in [5, 5.41) is 14.8. The van der Waals surface area contributed by atoms with E-state index in [1.54, 1.807) is 42.5 Å². The zero-order chi connectivity index (χ0) is 19.6. The highest BCUT2D eigenvalue weighted by atomic mass is 35.5. The van der Waals surface area contributed by atoms with Gasteiger partial charge in [-0.25, -0.2) is 0 Å². The van der Waals surface area contributed by atoms with Gasteiger partial charge in [-0.05, 0) is 54.8 Å². The molecule has 0 saturated heterocycles. The van der Waals surface area contributed by atoms with Crippen molar-refractivity contribution in [1.82, 2.24) is 5.32 Å². The zero-order valence-electron chi connectivity index (χ0n) is 14.7.